The Bertz CT molecular complexity index is 931. The summed E-state index contributed by atoms with van der Waals surface area (Å²) < 4.78 is 34.9. The zero-order valence-corrected chi connectivity index (χ0v) is 17.9. The van der Waals surface area contributed by atoms with E-state index in [4.69, 9.17) is 4.74 Å². The Balaban J connectivity index is 1.67. The highest BCUT2D eigenvalue weighted by molar-refractivity contribution is 7.86. The summed E-state index contributed by atoms with van der Waals surface area (Å²) in [5.74, 6) is -0.420. The maximum atomic E-state index is 13.3. The number of nitrogens with one attached hydrogen (secondary N) is 2. The molecule has 9 nitrogen and oxygen atoms in total. The van der Waals surface area contributed by atoms with Crippen LogP contribution in [-0.4, -0.2) is 73.8 Å². The number of rotatable bonds is 4. The van der Waals surface area contributed by atoms with Gasteiger partial charge in [0.25, 0.3) is 10.2 Å². The fourth-order valence-corrected chi connectivity index (χ4v) is 6.46. The Labute approximate surface area is 176 Å². The van der Waals surface area contributed by atoms with Crippen LogP contribution in [0.1, 0.15) is 37.7 Å². The average molecular weight is 437 g/mol. The molecule has 1 spiro atoms. The second-order valence-electron chi connectivity index (χ2n) is 8.23. The molecule has 4 rings (SSSR count). The number of benzene rings is 1. The monoisotopic (exact) mass is 436 g/mol. The van der Waals surface area contributed by atoms with Crippen LogP contribution in [0.15, 0.2) is 24.3 Å². The highest BCUT2D eigenvalue weighted by Crippen LogP contribution is 2.43. The molecule has 30 heavy (non-hydrogen) atoms. The minimum absolute atomic E-state index is 0.0464. The van der Waals surface area contributed by atoms with Gasteiger partial charge in [-0.1, -0.05) is 12.1 Å². The molecule has 1 aromatic rings. The second-order valence-corrected chi connectivity index (χ2v) is 10.2. The first kappa shape index (κ1) is 21.2. The summed E-state index contributed by atoms with van der Waals surface area (Å²) in [6, 6.07) is 7.45. The van der Waals surface area contributed by atoms with Crippen molar-refractivity contribution in [1.82, 2.24) is 13.9 Å². The van der Waals surface area contributed by atoms with Crippen molar-refractivity contribution in [2.75, 3.05) is 44.7 Å². The topological polar surface area (TPSA) is 108 Å². The third kappa shape index (κ3) is 4.09. The minimum Gasteiger partial charge on any atom is -0.379 e. The van der Waals surface area contributed by atoms with Crippen molar-refractivity contribution in [3.63, 3.8) is 0 Å². The van der Waals surface area contributed by atoms with Crippen molar-refractivity contribution >= 4 is 27.7 Å². The van der Waals surface area contributed by atoms with Crippen LogP contribution in [0.4, 0.5) is 5.69 Å². The molecule has 2 amide bonds. The van der Waals surface area contributed by atoms with Gasteiger partial charge in [-0.25, -0.2) is 0 Å². The van der Waals surface area contributed by atoms with Crippen LogP contribution in [0.3, 0.4) is 0 Å². The molecule has 0 bridgehead atoms. The Kier molecular flexibility index (Phi) is 5.84. The van der Waals surface area contributed by atoms with Gasteiger partial charge in [0.1, 0.15) is 0 Å². The van der Waals surface area contributed by atoms with Crippen LogP contribution in [0.5, 0.6) is 0 Å². The van der Waals surface area contributed by atoms with Gasteiger partial charge in [0, 0.05) is 51.1 Å². The van der Waals surface area contributed by atoms with Crippen molar-refractivity contribution in [2.45, 2.75) is 37.6 Å². The molecule has 2 atom stereocenters. The summed E-state index contributed by atoms with van der Waals surface area (Å²) in [4.78, 5) is 23.8. The molecule has 10 heteroatoms. The molecule has 2 N–H and O–H groups in total. The van der Waals surface area contributed by atoms with Gasteiger partial charge < -0.3 is 15.4 Å². The van der Waals surface area contributed by atoms with E-state index in [-0.39, 0.29) is 30.8 Å². The van der Waals surface area contributed by atoms with E-state index in [9.17, 15) is 18.0 Å². The highest BCUT2D eigenvalue weighted by Gasteiger charge is 2.53. The summed E-state index contributed by atoms with van der Waals surface area (Å²) in [5, 5.41) is 5.91. The van der Waals surface area contributed by atoms with Gasteiger partial charge >= 0.3 is 0 Å². The molecular formula is C20H28N4O5S. The van der Waals surface area contributed by atoms with Crippen LogP contribution in [0.25, 0.3) is 0 Å². The zero-order valence-electron chi connectivity index (χ0n) is 17.1. The maximum absolute atomic E-state index is 13.3. The summed E-state index contributed by atoms with van der Waals surface area (Å²) in [6.45, 7) is 3.41. The number of morpholine rings is 1. The fraction of sp³-hybridized carbons (Fsp3) is 0.600. The molecule has 3 aliphatic rings. The molecule has 0 aliphatic carbocycles. The Hall–Kier alpha value is -2.01. The fourth-order valence-electron chi connectivity index (χ4n) is 4.79. The number of hydrogen-bond acceptors (Lipinski definition) is 5. The molecular weight excluding hydrogens is 408 g/mol. The van der Waals surface area contributed by atoms with Crippen LogP contribution >= 0.6 is 0 Å². The first-order valence-electron chi connectivity index (χ1n) is 10.3. The number of carbonyl (C=O) groups excluding carboxylic acids is 2. The number of ether oxygens (including phenoxy) is 1. The first-order chi connectivity index (χ1) is 14.3. The number of carbonyl (C=O) groups is 2. The quantitative estimate of drug-likeness (QED) is 0.721. The van der Waals surface area contributed by atoms with Crippen LogP contribution < -0.4 is 10.6 Å². The molecule has 0 radical (unpaired) electrons. The van der Waals surface area contributed by atoms with Gasteiger partial charge in [0.15, 0.2) is 0 Å². The predicted octanol–water partition coefficient (Wildman–Crippen LogP) is 0.660. The molecule has 1 aromatic carbocycles. The summed E-state index contributed by atoms with van der Waals surface area (Å²) in [5.41, 5.74) is 0.915. The van der Waals surface area contributed by atoms with Crippen molar-refractivity contribution < 1.29 is 22.7 Å². The van der Waals surface area contributed by atoms with E-state index < -0.39 is 15.7 Å². The van der Waals surface area contributed by atoms with E-state index in [1.54, 1.807) is 6.07 Å². The van der Waals surface area contributed by atoms with Gasteiger partial charge in [0.2, 0.25) is 11.8 Å². The Morgan fingerprint density at radius 3 is 2.73 bits per heavy atom. The Morgan fingerprint density at radius 2 is 2.03 bits per heavy atom. The van der Waals surface area contributed by atoms with E-state index in [0.717, 1.165) is 12.0 Å². The average Bonchev–Trinajstić information content (AvgIpc) is 3.07. The molecule has 3 saturated heterocycles. The van der Waals surface area contributed by atoms with Gasteiger partial charge in [0.05, 0.1) is 18.8 Å². The van der Waals surface area contributed by atoms with Gasteiger partial charge in [-0.2, -0.15) is 17.0 Å². The number of nitrogens with zero attached hydrogens (tertiary/aromatic N) is 2. The van der Waals surface area contributed by atoms with Crippen LogP contribution in [-0.2, 0) is 24.5 Å². The van der Waals surface area contributed by atoms with Crippen LogP contribution in [0.2, 0.25) is 0 Å². The van der Waals surface area contributed by atoms with Crippen molar-refractivity contribution in [3.05, 3.63) is 29.8 Å². The molecule has 164 valence electrons. The summed E-state index contributed by atoms with van der Waals surface area (Å²) in [7, 11) is -3.66. The van der Waals surface area contributed by atoms with E-state index >= 15 is 0 Å². The number of anilines is 1. The first-order valence-corrected chi connectivity index (χ1v) is 11.7. The Morgan fingerprint density at radius 1 is 1.27 bits per heavy atom. The molecule has 3 aliphatic heterocycles. The minimum atomic E-state index is -3.66. The van der Waals surface area contributed by atoms with E-state index in [1.807, 2.05) is 18.2 Å². The molecule has 0 saturated carbocycles. The van der Waals surface area contributed by atoms with Crippen molar-refractivity contribution in [3.8, 4) is 0 Å². The van der Waals surface area contributed by atoms with Gasteiger partial charge in [-0.15, -0.1) is 0 Å². The van der Waals surface area contributed by atoms with Crippen molar-refractivity contribution in [2.24, 2.45) is 0 Å². The molecule has 0 unspecified atom stereocenters. The maximum Gasteiger partial charge on any atom is 0.282 e. The predicted molar refractivity (Wildman–Crippen MR) is 111 cm³/mol. The summed E-state index contributed by atoms with van der Waals surface area (Å²) >= 11 is 0. The smallest absolute Gasteiger partial charge is 0.282 e. The normalized spacial score (nSPS) is 28.4. The lowest BCUT2D eigenvalue weighted by atomic mass is 9.76. The lowest BCUT2D eigenvalue weighted by Crippen LogP contribution is -2.57. The SMILES string of the molecule is CC(=O)Nc1cccc([C@@H]2CN(S(=O)(=O)N3CCOCC3)C[C@]23CCCC(=O)N3)c1. The molecule has 3 fully saturated rings. The largest absolute Gasteiger partial charge is 0.379 e. The second kappa shape index (κ2) is 8.26. The zero-order chi connectivity index (χ0) is 21.4. The number of hydrogen-bond donors (Lipinski definition) is 2. The van der Waals surface area contributed by atoms with E-state index in [0.29, 0.717) is 44.8 Å². The lowest BCUT2D eigenvalue weighted by molar-refractivity contribution is -0.125. The van der Waals surface area contributed by atoms with Crippen molar-refractivity contribution in [1.29, 1.82) is 0 Å². The third-order valence-corrected chi connectivity index (χ3v) is 8.11. The number of amides is 2. The van der Waals surface area contributed by atoms with Gasteiger partial charge in [-0.3, -0.25) is 9.59 Å². The number of piperidine rings is 1. The van der Waals surface area contributed by atoms with E-state index in [1.165, 1.54) is 15.5 Å². The van der Waals surface area contributed by atoms with Gasteiger partial charge in [-0.05, 0) is 30.5 Å². The third-order valence-electron chi connectivity index (χ3n) is 6.16. The lowest BCUT2D eigenvalue weighted by Gasteiger charge is -2.39. The molecule has 3 heterocycles. The standard InChI is InChI=1S/C20H28N4O5S/c1-15(25)21-17-5-2-4-16(12-17)18-13-24(14-20(18)7-3-6-19(26)22-20)30(27,28)23-8-10-29-11-9-23/h2,4-5,12,18H,3,6-11,13-14H2,1H3,(H,21,25)(H,22,26)/t18-,20+/m0/s1. The highest BCUT2D eigenvalue weighted by atomic mass is 32.2. The van der Waals surface area contributed by atoms with Crippen LogP contribution in [0, 0.1) is 0 Å². The molecule has 0 aromatic heterocycles. The van der Waals surface area contributed by atoms with E-state index in [2.05, 4.69) is 10.6 Å². The summed E-state index contributed by atoms with van der Waals surface area (Å²) in [6.07, 6.45) is 1.89.